The second-order valence-electron chi connectivity index (χ2n) is 5.05. The standard InChI is InChI=1S/C15H20N4OS/c1-11-7-9-21-13(11)4-5-14(20)17-10-12-6-8-16-15(18-12)19(2)3/h6-9H,4-5,10H2,1-3H3,(H,17,20). The van der Waals surface area contributed by atoms with Crippen molar-refractivity contribution in [3.05, 3.63) is 39.8 Å². The van der Waals surface area contributed by atoms with Crippen molar-refractivity contribution in [1.29, 1.82) is 0 Å². The van der Waals surface area contributed by atoms with Crippen molar-refractivity contribution >= 4 is 23.2 Å². The highest BCUT2D eigenvalue weighted by Gasteiger charge is 2.06. The number of nitrogens with one attached hydrogen (secondary N) is 1. The molecule has 0 fully saturated rings. The number of thiophene rings is 1. The Hall–Kier alpha value is -1.95. The zero-order valence-electron chi connectivity index (χ0n) is 12.6. The molecule has 0 saturated heterocycles. The molecule has 5 nitrogen and oxygen atoms in total. The number of amides is 1. The van der Waals surface area contributed by atoms with E-state index in [4.69, 9.17) is 0 Å². The second-order valence-corrected chi connectivity index (χ2v) is 6.05. The summed E-state index contributed by atoms with van der Waals surface area (Å²) in [6.45, 7) is 2.51. The fraction of sp³-hybridized carbons (Fsp3) is 0.400. The Morgan fingerprint density at radius 2 is 2.19 bits per heavy atom. The lowest BCUT2D eigenvalue weighted by atomic mass is 10.2. The highest BCUT2D eigenvalue weighted by Crippen LogP contribution is 2.17. The lowest BCUT2D eigenvalue weighted by Gasteiger charge is -2.11. The highest BCUT2D eigenvalue weighted by atomic mass is 32.1. The van der Waals surface area contributed by atoms with E-state index in [9.17, 15) is 4.79 Å². The smallest absolute Gasteiger partial charge is 0.225 e. The molecule has 0 atom stereocenters. The molecule has 2 heterocycles. The minimum absolute atomic E-state index is 0.0489. The van der Waals surface area contributed by atoms with E-state index in [1.165, 1.54) is 10.4 Å². The van der Waals surface area contributed by atoms with Gasteiger partial charge in [0.25, 0.3) is 0 Å². The Kier molecular flexibility index (Phi) is 5.27. The summed E-state index contributed by atoms with van der Waals surface area (Å²) in [6, 6.07) is 3.90. The van der Waals surface area contributed by atoms with Crippen molar-refractivity contribution in [3.8, 4) is 0 Å². The first-order valence-electron chi connectivity index (χ1n) is 6.85. The van der Waals surface area contributed by atoms with Crippen LogP contribution in [0, 0.1) is 6.92 Å². The molecule has 0 radical (unpaired) electrons. The van der Waals surface area contributed by atoms with Crippen LogP contribution in [0.5, 0.6) is 0 Å². The van der Waals surface area contributed by atoms with Crippen LogP contribution >= 0.6 is 11.3 Å². The average Bonchev–Trinajstić information content (AvgIpc) is 2.88. The molecular formula is C15H20N4OS. The van der Waals surface area contributed by atoms with Gasteiger partial charge < -0.3 is 10.2 Å². The van der Waals surface area contributed by atoms with Crippen LogP contribution in [0.15, 0.2) is 23.7 Å². The van der Waals surface area contributed by atoms with Gasteiger partial charge in [0.1, 0.15) is 0 Å². The monoisotopic (exact) mass is 304 g/mol. The number of carbonyl (C=O) groups is 1. The number of carbonyl (C=O) groups excluding carboxylic acids is 1. The predicted octanol–water partition coefficient (Wildman–Crippen LogP) is 2.16. The fourth-order valence-corrected chi connectivity index (χ4v) is 2.77. The summed E-state index contributed by atoms with van der Waals surface area (Å²) in [5.74, 6) is 0.698. The van der Waals surface area contributed by atoms with E-state index in [0.717, 1.165) is 12.1 Å². The van der Waals surface area contributed by atoms with E-state index >= 15 is 0 Å². The molecule has 0 aromatic carbocycles. The third-order valence-corrected chi connectivity index (χ3v) is 4.20. The van der Waals surface area contributed by atoms with Crippen LogP contribution in [-0.4, -0.2) is 30.0 Å². The van der Waals surface area contributed by atoms with Gasteiger partial charge in [0.05, 0.1) is 12.2 Å². The van der Waals surface area contributed by atoms with E-state index in [-0.39, 0.29) is 5.91 Å². The largest absolute Gasteiger partial charge is 0.350 e. The van der Waals surface area contributed by atoms with Crippen molar-refractivity contribution in [3.63, 3.8) is 0 Å². The zero-order chi connectivity index (χ0) is 15.2. The van der Waals surface area contributed by atoms with E-state index in [1.54, 1.807) is 17.5 Å². The lowest BCUT2D eigenvalue weighted by Crippen LogP contribution is -2.24. The fourth-order valence-electron chi connectivity index (χ4n) is 1.86. The first-order valence-corrected chi connectivity index (χ1v) is 7.73. The minimum atomic E-state index is 0.0489. The highest BCUT2D eigenvalue weighted by molar-refractivity contribution is 7.10. The number of hydrogen-bond acceptors (Lipinski definition) is 5. The van der Waals surface area contributed by atoms with Crippen LogP contribution < -0.4 is 10.2 Å². The van der Waals surface area contributed by atoms with E-state index in [2.05, 4.69) is 33.7 Å². The third-order valence-electron chi connectivity index (χ3n) is 3.11. The molecule has 0 bridgehead atoms. The van der Waals surface area contributed by atoms with Crippen LogP contribution in [0.4, 0.5) is 5.95 Å². The molecule has 21 heavy (non-hydrogen) atoms. The zero-order valence-corrected chi connectivity index (χ0v) is 13.4. The summed E-state index contributed by atoms with van der Waals surface area (Å²) in [5, 5.41) is 4.97. The Morgan fingerprint density at radius 1 is 1.38 bits per heavy atom. The van der Waals surface area contributed by atoms with Crippen LogP contribution in [0.25, 0.3) is 0 Å². The lowest BCUT2D eigenvalue weighted by molar-refractivity contribution is -0.121. The molecule has 2 aromatic rings. The molecule has 2 aromatic heterocycles. The van der Waals surface area contributed by atoms with Gasteiger partial charge >= 0.3 is 0 Å². The number of nitrogens with zero attached hydrogens (tertiary/aromatic N) is 3. The Balaban J connectivity index is 1.81. The molecule has 2 rings (SSSR count). The number of anilines is 1. The maximum Gasteiger partial charge on any atom is 0.225 e. The molecule has 112 valence electrons. The SMILES string of the molecule is Cc1ccsc1CCC(=O)NCc1ccnc(N(C)C)n1. The van der Waals surface area contributed by atoms with Gasteiger partial charge in [0.15, 0.2) is 0 Å². The van der Waals surface area contributed by atoms with Crippen LogP contribution in [-0.2, 0) is 17.8 Å². The number of rotatable bonds is 6. The van der Waals surface area contributed by atoms with Crippen LogP contribution in [0.3, 0.4) is 0 Å². The average molecular weight is 304 g/mol. The van der Waals surface area contributed by atoms with E-state index in [1.807, 2.05) is 25.1 Å². The van der Waals surface area contributed by atoms with Crippen molar-refractivity contribution in [1.82, 2.24) is 15.3 Å². The second kappa shape index (κ2) is 7.17. The Morgan fingerprint density at radius 3 is 2.86 bits per heavy atom. The van der Waals surface area contributed by atoms with Gasteiger partial charge in [-0.2, -0.15) is 0 Å². The molecule has 0 spiro atoms. The van der Waals surface area contributed by atoms with Crippen molar-refractivity contribution in [2.75, 3.05) is 19.0 Å². The first-order chi connectivity index (χ1) is 10.1. The van der Waals surface area contributed by atoms with Gasteiger partial charge in [-0.05, 0) is 36.4 Å². The number of aryl methyl sites for hydroxylation is 2. The van der Waals surface area contributed by atoms with Gasteiger partial charge in [-0.1, -0.05) is 0 Å². The molecule has 1 N–H and O–H groups in total. The summed E-state index contributed by atoms with van der Waals surface area (Å²) < 4.78 is 0. The third kappa shape index (κ3) is 4.53. The number of hydrogen-bond donors (Lipinski definition) is 1. The summed E-state index contributed by atoms with van der Waals surface area (Å²) >= 11 is 1.71. The summed E-state index contributed by atoms with van der Waals surface area (Å²) in [7, 11) is 3.78. The van der Waals surface area contributed by atoms with E-state index in [0.29, 0.717) is 18.9 Å². The Bertz CT molecular complexity index is 609. The molecule has 0 saturated carbocycles. The predicted molar refractivity (Wildman–Crippen MR) is 85.6 cm³/mol. The quantitative estimate of drug-likeness (QED) is 0.888. The Labute approximate surface area is 129 Å². The molecule has 0 unspecified atom stereocenters. The molecule has 6 heteroatoms. The maximum absolute atomic E-state index is 11.9. The molecule has 0 aliphatic carbocycles. The van der Waals surface area contributed by atoms with Crippen LogP contribution in [0.2, 0.25) is 0 Å². The van der Waals surface area contributed by atoms with Gasteiger partial charge in [-0.25, -0.2) is 9.97 Å². The van der Waals surface area contributed by atoms with Crippen LogP contribution in [0.1, 0.15) is 22.6 Å². The van der Waals surface area contributed by atoms with Gasteiger partial charge in [-0.15, -0.1) is 11.3 Å². The molecule has 0 aliphatic rings. The molecule has 0 aliphatic heterocycles. The van der Waals surface area contributed by atoms with Gasteiger partial charge in [-0.3, -0.25) is 4.79 Å². The summed E-state index contributed by atoms with van der Waals surface area (Å²) in [4.78, 5) is 23.5. The topological polar surface area (TPSA) is 58.1 Å². The van der Waals surface area contributed by atoms with E-state index < -0.39 is 0 Å². The van der Waals surface area contributed by atoms with Crippen molar-refractivity contribution in [2.24, 2.45) is 0 Å². The molecule has 1 amide bonds. The summed E-state index contributed by atoms with van der Waals surface area (Å²) in [6.07, 6.45) is 3.01. The molecular weight excluding hydrogens is 284 g/mol. The summed E-state index contributed by atoms with van der Waals surface area (Å²) in [5.41, 5.74) is 2.08. The van der Waals surface area contributed by atoms with Crippen molar-refractivity contribution in [2.45, 2.75) is 26.3 Å². The van der Waals surface area contributed by atoms with Gasteiger partial charge in [0, 0.05) is 31.6 Å². The maximum atomic E-state index is 11.9. The first kappa shape index (κ1) is 15.4. The van der Waals surface area contributed by atoms with Gasteiger partial charge in [0.2, 0.25) is 11.9 Å². The van der Waals surface area contributed by atoms with Crippen molar-refractivity contribution < 1.29 is 4.79 Å². The minimum Gasteiger partial charge on any atom is -0.350 e. The number of aromatic nitrogens is 2. The normalized spacial score (nSPS) is 10.4.